The van der Waals surface area contributed by atoms with Crippen LogP contribution in [0.2, 0.25) is 0 Å². The van der Waals surface area contributed by atoms with E-state index < -0.39 is 11.7 Å². The number of rotatable bonds is 7. The first kappa shape index (κ1) is 24.9. The number of halogens is 1. The van der Waals surface area contributed by atoms with Gasteiger partial charge >= 0.3 is 6.09 Å². The van der Waals surface area contributed by atoms with E-state index in [1.165, 1.54) is 4.88 Å². The summed E-state index contributed by atoms with van der Waals surface area (Å²) in [7, 11) is 5.85. The second kappa shape index (κ2) is 12.3. The third-order valence-electron chi connectivity index (χ3n) is 3.27. The Labute approximate surface area is 178 Å². The van der Waals surface area contributed by atoms with E-state index in [-0.39, 0.29) is 30.0 Å². The summed E-state index contributed by atoms with van der Waals surface area (Å²) < 4.78 is 5.19. The second-order valence-corrected chi connectivity index (χ2v) is 7.78. The molecule has 26 heavy (non-hydrogen) atoms. The Morgan fingerprint density at radius 3 is 2.42 bits per heavy atom. The van der Waals surface area contributed by atoms with E-state index in [1.54, 1.807) is 18.4 Å². The number of hydrogen-bond acceptors (Lipinski definition) is 5. The van der Waals surface area contributed by atoms with Crippen LogP contribution in [0.4, 0.5) is 4.79 Å². The quantitative estimate of drug-likeness (QED) is 0.234. The normalized spacial score (nSPS) is 13.0. The van der Waals surface area contributed by atoms with Gasteiger partial charge < -0.3 is 25.6 Å². The van der Waals surface area contributed by atoms with Crippen LogP contribution in [0.25, 0.3) is 0 Å². The fraction of sp³-hybridized carbons (Fsp3) is 0.647. The van der Waals surface area contributed by atoms with Crippen LogP contribution in [-0.2, 0) is 4.74 Å². The minimum Gasteiger partial charge on any atom is -0.444 e. The minimum atomic E-state index is -0.488. The van der Waals surface area contributed by atoms with Crippen molar-refractivity contribution >= 4 is 47.4 Å². The van der Waals surface area contributed by atoms with Gasteiger partial charge in [-0.05, 0) is 46.3 Å². The van der Waals surface area contributed by atoms with Crippen molar-refractivity contribution in [1.29, 1.82) is 0 Å². The number of guanidine groups is 1. The Morgan fingerprint density at radius 2 is 1.92 bits per heavy atom. The maximum atomic E-state index is 11.6. The first-order valence-electron chi connectivity index (χ1n) is 8.34. The Hall–Kier alpha value is -1.07. The molecule has 0 aliphatic rings. The number of likely N-dealkylation sites (N-methyl/N-ethyl adjacent to an activating group) is 1. The molecule has 0 aliphatic carbocycles. The van der Waals surface area contributed by atoms with Gasteiger partial charge in [-0.25, -0.2) is 4.79 Å². The highest BCUT2D eigenvalue weighted by molar-refractivity contribution is 14.0. The first-order chi connectivity index (χ1) is 11.7. The number of hydrogen-bond donors (Lipinski definition) is 3. The Morgan fingerprint density at radius 1 is 1.27 bits per heavy atom. The monoisotopic (exact) mass is 497 g/mol. The Kier molecular flexibility index (Phi) is 11.8. The molecule has 1 rings (SSSR count). The van der Waals surface area contributed by atoms with Crippen molar-refractivity contribution < 1.29 is 9.53 Å². The second-order valence-electron chi connectivity index (χ2n) is 6.80. The van der Waals surface area contributed by atoms with Gasteiger partial charge in [-0.1, -0.05) is 6.07 Å². The summed E-state index contributed by atoms with van der Waals surface area (Å²) in [6.45, 7) is 7.27. The molecule has 1 unspecified atom stereocenters. The Balaban J connectivity index is 0.00000625. The highest BCUT2D eigenvalue weighted by Crippen LogP contribution is 2.22. The van der Waals surface area contributed by atoms with E-state index in [0.717, 1.165) is 6.54 Å². The summed E-state index contributed by atoms with van der Waals surface area (Å²) in [5.41, 5.74) is -0.488. The maximum absolute atomic E-state index is 11.6. The van der Waals surface area contributed by atoms with Crippen LogP contribution in [0, 0.1) is 0 Å². The lowest BCUT2D eigenvalue weighted by Crippen LogP contribution is -2.44. The van der Waals surface area contributed by atoms with Gasteiger partial charge in [0.15, 0.2) is 5.96 Å². The van der Waals surface area contributed by atoms with Gasteiger partial charge in [0.2, 0.25) is 0 Å². The van der Waals surface area contributed by atoms with Crippen LogP contribution >= 0.6 is 35.3 Å². The minimum absolute atomic E-state index is 0. The van der Waals surface area contributed by atoms with E-state index in [0.29, 0.717) is 19.0 Å². The molecule has 7 nitrogen and oxygen atoms in total. The summed E-state index contributed by atoms with van der Waals surface area (Å²) >= 11 is 1.74. The average molecular weight is 497 g/mol. The molecule has 0 fully saturated rings. The molecule has 0 bridgehead atoms. The van der Waals surface area contributed by atoms with Gasteiger partial charge in [0.05, 0.1) is 6.04 Å². The van der Waals surface area contributed by atoms with Crippen molar-refractivity contribution in [2.75, 3.05) is 40.8 Å². The predicted molar refractivity (Wildman–Crippen MR) is 120 cm³/mol. The number of nitrogens with one attached hydrogen (secondary N) is 3. The number of carbonyl (C=O) groups is 1. The number of nitrogens with zero attached hydrogens (tertiary/aromatic N) is 2. The molecule has 1 aromatic rings. The molecule has 0 radical (unpaired) electrons. The van der Waals surface area contributed by atoms with Crippen molar-refractivity contribution in [3.63, 3.8) is 0 Å². The summed E-state index contributed by atoms with van der Waals surface area (Å²) in [6.07, 6.45) is -0.414. The van der Waals surface area contributed by atoms with Crippen LogP contribution in [0.15, 0.2) is 22.5 Å². The molecule has 1 atom stereocenters. The highest BCUT2D eigenvalue weighted by Gasteiger charge is 2.16. The number of amides is 1. The summed E-state index contributed by atoms with van der Waals surface area (Å²) in [5.74, 6) is 0.703. The van der Waals surface area contributed by atoms with E-state index in [2.05, 4.69) is 57.5 Å². The lowest BCUT2D eigenvalue weighted by atomic mass is 10.2. The van der Waals surface area contributed by atoms with E-state index in [1.807, 2.05) is 20.8 Å². The van der Waals surface area contributed by atoms with Gasteiger partial charge in [0.1, 0.15) is 5.60 Å². The molecule has 1 heterocycles. The third kappa shape index (κ3) is 10.2. The zero-order valence-electron chi connectivity index (χ0n) is 16.5. The molecule has 9 heteroatoms. The highest BCUT2D eigenvalue weighted by atomic mass is 127. The number of carbonyl (C=O) groups excluding carboxylic acids is 1. The number of ether oxygens (including phenoxy) is 1. The van der Waals surface area contributed by atoms with Crippen molar-refractivity contribution in [3.8, 4) is 0 Å². The van der Waals surface area contributed by atoms with E-state index in [4.69, 9.17) is 4.74 Å². The average Bonchev–Trinajstić information content (AvgIpc) is 3.01. The van der Waals surface area contributed by atoms with Crippen molar-refractivity contribution in [2.45, 2.75) is 32.4 Å². The molecule has 0 aliphatic heterocycles. The van der Waals surface area contributed by atoms with Crippen LogP contribution in [0.1, 0.15) is 31.7 Å². The smallest absolute Gasteiger partial charge is 0.407 e. The predicted octanol–water partition coefficient (Wildman–Crippen LogP) is 2.66. The molecule has 0 saturated heterocycles. The van der Waals surface area contributed by atoms with Gasteiger partial charge in [-0.3, -0.25) is 4.99 Å². The van der Waals surface area contributed by atoms with Crippen LogP contribution < -0.4 is 16.0 Å². The summed E-state index contributed by atoms with van der Waals surface area (Å²) in [4.78, 5) is 19.3. The molecule has 3 N–H and O–H groups in total. The molecule has 0 spiro atoms. The SMILES string of the molecule is CN=C(NCCNC(=O)OC(C)(C)C)NCC(c1cccs1)N(C)C.I. The van der Waals surface area contributed by atoms with Gasteiger partial charge in [-0.2, -0.15) is 0 Å². The zero-order valence-corrected chi connectivity index (χ0v) is 19.6. The van der Waals surface area contributed by atoms with Crippen molar-refractivity contribution in [3.05, 3.63) is 22.4 Å². The fourth-order valence-corrected chi connectivity index (χ4v) is 3.01. The fourth-order valence-electron chi connectivity index (χ4n) is 2.09. The topological polar surface area (TPSA) is 78.0 Å². The maximum Gasteiger partial charge on any atom is 0.407 e. The number of thiophene rings is 1. The van der Waals surface area contributed by atoms with Gasteiger partial charge in [0, 0.05) is 31.6 Å². The Bertz CT molecular complexity index is 544. The standard InChI is InChI=1S/C17H31N5O2S.HI/c1-17(2,3)24-16(23)20-10-9-19-15(18-4)21-12-13(22(5)6)14-8-7-11-25-14;/h7-8,11,13H,9-10,12H2,1-6H3,(H,20,23)(H2,18,19,21);1H. The molecule has 0 saturated carbocycles. The van der Waals surface area contributed by atoms with Gasteiger partial charge in [0.25, 0.3) is 0 Å². The van der Waals surface area contributed by atoms with Crippen LogP contribution in [0.5, 0.6) is 0 Å². The zero-order chi connectivity index (χ0) is 18.9. The lowest BCUT2D eigenvalue weighted by molar-refractivity contribution is 0.0529. The lowest BCUT2D eigenvalue weighted by Gasteiger charge is -2.24. The van der Waals surface area contributed by atoms with Gasteiger partial charge in [-0.15, -0.1) is 35.3 Å². The molecule has 150 valence electrons. The van der Waals surface area contributed by atoms with Crippen molar-refractivity contribution in [1.82, 2.24) is 20.9 Å². The molecule has 0 aromatic carbocycles. The molecular weight excluding hydrogens is 465 g/mol. The van der Waals surface area contributed by atoms with Crippen LogP contribution in [0.3, 0.4) is 0 Å². The largest absolute Gasteiger partial charge is 0.444 e. The summed E-state index contributed by atoms with van der Waals surface area (Å²) in [6, 6.07) is 4.47. The van der Waals surface area contributed by atoms with Crippen LogP contribution in [-0.4, -0.2) is 63.3 Å². The summed E-state index contributed by atoms with van der Waals surface area (Å²) in [5, 5.41) is 11.3. The van der Waals surface area contributed by atoms with Crippen molar-refractivity contribution in [2.24, 2.45) is 4.99 Å². The number of alkyl carbamates (subject to hydrolysis) is 1. The van der Waals surface area contributed by atoms with E-state index >= 15 is 0 Å². The molecule has 1 amide bonds. The van der Waals surface area contributed by atoms with E-state index in [9.17, 15) is 4.79 Å². The first-order valence-corrected chi connectivity index (χ1v) is 9.22. The number of aliphatic imine (C=N–C) groups is 1. The third-order valence-corrected chi connectivity index (χ3v) is 4.24. The molecule has 1 aromatic heterocycles. The molecular formula is C17H32IN5O2S.